The summed E-state index contributed by atoms with van der Waals surface area (Å²) in [5.41, 5.74) is 1.65. The largest absolute Gasteiger partial charge is 0.548 e. The van der Waals surface area contributed by atoms with Crippen molar-refractivity contribution in [1.82, 2.24) is 5.32 Å². The van der Waals surface area contributed by atoms with E-state index in [0.717, 1.165) is 16.7 Å². The molecule has 24 heavy (non-hydrogen) atoms. The van der Waals surface area contributed by atoms with Gasteiger partial charge in [0.15, 0.2) is 0 Å². The van der Waals surface area contributed by atoms with Crippen LogP contribution < -0.4 is 10.4 Å². The summed E-state index contributed by atoms with van der Waals surface area (Å²) in [5, 5.41) is 24.4. The Hall–Kier alpha value is -2.04. The Morgan fingerprint density at radius 3 is 1.79 bits per heavy atom. The Morgan fingerprint density at radius 2 is 1.50 bits per heavy atom. The number of phenols is 1. The molecule has 134 valence electrons. The molecular formula is C19H28NO4-. The maximum atomic E-state index is 11.3. The van der Waals surface area contributed by atoms with Crippen LogP contribution in [0.15, 0.2) is 12.1 Å². The summed E-state index contributed by atoms with van der Waals surface area (Å²) in [7, 11) is 0. The number of carboxylic acids is 1. The predicted molar refractivity (Wildman–Crippen MR) is 91.8 cm³/mol. The lowest BCUT2D eigenvalue weighted by Gasteiger charge is -2.29. The van der Waals surface area contributed by atoms with Gasteiger partial charge in [-0.05, 0) is 33.9 Å². The molecule has 0 aliphatic rings. The van der Waals surface area contributed by atoms with Crippen LogP contribution in [0.3, 0.4) is 0 Å². The van der Waals surface area contributed by atoms with Gasteiger partial charge in [-0.3, -0.25) is 4.79 Å². The normalized spacial score (nSPS) is 13.5. The third-order valence-electron chi connectivity index (χ3n) is 3.89. The second-order valence-electron chi connectivity index (χ2n) is 8.32. The van der Waals surface area contributed by atoms with E-state index >= 15 is 0 Å². The van der Waals surface area contributed by atoms with Gasteiger partial charge < -0.3 is 20.3 Å². The standard InChI is InChI=1S/C19H29NO4/c1-11(21)20-15(17(23)24)10-12-8-13(18(2,3)4)16(22)14(9-12)19(5,6)7/h8-9,15,22H,10H2,1-7H3,(H,20,21)(H,23,24)/p-1. The van der Waals surface area contributed by atoms with Gasteiger partial charge in [0.05, 0.1) is 12.0 Å². The molecule has 0 heterocycles. The molecule has 0 aliphatic heterocycles. The number of hydrogen-bond acceptors (Lipinski definition) is 4. The van der Waals surface area contributed by atoms with Crippen molar-refractivity contribution in [2.45, 2.75) is 71.8 Å². The van der Waals surface area contributed by atoms with E-state index in [2.05, 4.69) is 5.32 Å². The van der Waals surface area contributed by atoms with Gasteiger partial charge in [-0.15, -0.1) is 0 Å². The fraction of sp³-hybridized carbons (Fsp3) is 0.579. The highest BCUT2D eigenvalue weighted by Gasteiger charge is 2.27. The first-order valence-corrected chi connectivity index (χ1v) is 8.08. The molecule has 1 rings (SSSR count). The van der Waals surface area contributed by atoms with Gasteiger partial charge in [0.1, 0.15) is 5.75 Å². The number of hydrogen-bond donors (Lipinski definition) is 2. The number of phenolic OH excluding ortho intramolecular Hbond substituents is 1. The molecule has 1 aromatic rings. The first kappa shape index (κ1) is 20.0. The molecule has 1 atom stereocenters. The number of benzene rings is 1. The lowest BCUT2D eigenvalue weighted by Crippen LogP contribution is -2.48. The molecule has 0 radical (unpaired) electrons. The van der Waals surface area contributed by atoms with Crippen molar-refractivity contribution < 1.29 is 19.8 Å². The van der Waals surface area contributed by atoms with Gasteiger partial charge in [0.2, 0.25) is 5.91 Å². The number of aliphatic carboxylic acids is 1. The van der Waals surface area contributed by atoms with Crippen molar-refractivity contribution in [3.8, 4) is 5.75 Å². The van der Waals surface area contributed by atoms with Crippen molar-refractivity contribution in [3.05, 3.63) is 28.8 Å². The fourth-order valence-corrected chi connectivity index (χ4v) is 2.63. The highest BCUT2D eigenvalue weighted by Crippen LogP contribution is 2.39. The number of carboxylic acid groups (broad SMARTS) is 1. The zero-order valence-electron chi connectivity index (χ0n) is 15.6. The predicted octanol–water partition coefficient (Wildman–Crippen LogP) is 1.78. The van der Waals surface area contributed by atoms with Gasteiger partial charge in [-0.2, -0.15) is 0 Å². The van der Waals surface area contributed by atoms with Gasteiger partial charge in [0.25, 0.3) is 0 Å². The average Bonchev–Trinajstić information content (AvgIpc) is 2.36. The molecule has 5 nitrogen and oxygen atoms in total. The summed E-state index contributed by atoms with van der Waals surface area (Å²) in [6.07, 6.45) is 0.106. The highest BCUT2D eigenvalue weighted by atomic mass is 16.4. The second kappa shape index (κ2) is 6.83. The van der Waals surface area contributed by atoms with Gasteiger partial charge in [-0.25, -0.2) is 0 Å². The van der Waals surface area contributed by atoms with Crippen LogP contribution in [0, 0.1) is 0 Å². The SMILES string of the molecule is CC(=O)NC(Cc1cc(C(C)(C)C)c(O)c(C(C)(C)C)c1)C(=O)[O-]. The zero-order chi connectivity index (χ0) is 18.9. The topological polar surface area (TPSA) is 89.5 Å². The minimum Gasteiger partial charge on any atom is -0.548 e. The van der Waals surface area contributed by atoms with Crippen molar-refractivity contribution in [2.75, 3.05) is 0 Å². The first-order chi connectivity index (χ1) is 10.7. The van der Waals surface area contributed by atoms with Gasteiger partial charge >= 0.3 is 0 Å². The van der Waals surface area contributed by atoms with E-state index in [9.17, 15) is 19.8 Å². The molecule has 0 bridgehead atoms. The Kier molecular flexibility index (Phi) is 5.70. The summed E-state index contributed by atoms with van der Waals surface area (Å²) >= 11 is 0. The smallest absolute Gasteiger partial charge is 0.217 e. The third-order valence-corrected chi connectivity index (χ3v) is 3.89. The molecule has 2 N–H and O–H groups in total. The van der Waals surface area contributed by atoms with Crippen LogP contribution in [0.1, 0.15) is 65.2 Å². The molecule has 1 aromatic carbocycles. The molecule has 0 saturated carbocycles. The molecule has 0 aromatic heterocycles. The number of nitrogens with one attached hydrogen (secondary N) is 1. The Balaban J connectivity index is 3.43. The zero-order valence-corrected chi connectivity index (χ0v) is 15.6. The van der Waals surface area contributed by atoms with E-state index in [1.165, 1.54) is 6.92 Å². The molecule has 0 saturated heterocycles. The summed E-state index contributed by atoms with van der Waals surface area (Å²) in [4.78, 5) is 22.5. The van der Waals surface area contributed by atoms with Crippen molar-refractivity contribution in [1.29, 1.82) is 0 Å². The monoisotopic (exact) mass is 334 g/mol. The van der Waals surface area contributed by atoms with Gasteiger partial charge in [0, 0.05) is 6.92 Å². The average molecular weight is 334 g/mol. The Morgan fingerprint density at radius 1 is 1.08 bits per heavy atom. The number of carbonyl (C=O) groups is 2. The van der Waals surface area contributed by atoms with E-state index in [1.807, 2.05) is 53.7 Å². The number of carbonyl (C=O) groups excluding carboxylic acids is 2. The van der Waals surface area contributed by atoms with Gasteiger partial charge in [-0.1, -0.05) is 53.7 Å². The van der Waals surface area contributed by atoms with Crippen LogP contribution in [0.5, 0.6) is 5.75 Å². The Labute approximate surface area is 144 Å². The van der Waals surface area contributed by atoms with E-state index in [-0.39, 0.29) is 23.0 Å². The van der Waals surface area contributed by atoms with Crippen LogP contribution in [-0.2, 0) is 26.8 Å². The molecule has 0 spiro atoms. The number of rotatable bonds is 4. The van der Waals surface area contributed by atoms with Crippen molar-refractivity contribution in [2.24, 2.45) is 0 Å². The summed E-state index contributed by atoms with van der Waals surface area (Å²) in [5.74, 6) is -1.51. The van der Waals surface area contributed by atoms with E-state index in [4.69, 9.17) is 0 Å². The highest BCUT2D eigenvalue weighted by molar-refractivity contribution is 5.81. The summed E-state index contributed by atoms with van der Waals surface area (Å²) < 4.78 is 0. The maximum Gasteiger partial charge on any atom is 0.217 e. The minimum absolute atomic E-state index is 0.106. The molecule has 5 heteroatoms. The van der Waals surface area contributed by atoms with E-state index < -0.39 is 17.9 Å². The number of amides is 1. The lowest BCUT2D eigenvalue weighted by molar-refractivity contribution is -0.308. The van der Waals surface area contributed by atoms with E-state index in [1.54, 1.807) is 0 Å². The van der Waals surface area contributed by atoms with Crippen LogP contribution in [0.4, 0.5) is 0 Å². The molecule has 0 aliphatic carbocycles. The summed E-state index contributed by atoms with van der Waals surface area (Å²) in [6.45, 7) is 13.2. The van der Waals surface area contributed by atoms with Crippen LogP contribution in [0.2, 0.25) is 0 Å². The molecule has 1 unspecified atom stereocenters. The first-order valence-electron chi connectivity index (χ1n) is 8.08. The molecule has 0 fully saturated rings. The van der Waals surface area contributed by atoms with Crippen LogP contribution >= 0.6 is 0 Å². The van der Waals surface area contributed by atoms with Crippen LogP contribution in [0.25, 0.3) is 0 Å². The maximum absolute atomic E-state index is 11.3. The second-order valence-corrected chi connectivity index (χ2v) is 8.32. The lowest BCUT2D eigenvalue weighted by atomic mass is 9.78. The molecule has 1 amide bonds. The summed E-state index contributed by atoms with van der Waals surface area (Å²) in [6, 6.07) is 2.51. The number of aromatic hydroxyl groups is 1. The third kappa shape index (κ3) is 4.98. The van der Waals surface area contributed by atoms with Crippen molar-refractivity contribution >= 4 is 11.9 Å². The van der Waals surface area contributed by atoms with E-state index in [0.29, 0.717) is 0 Å². The van der Waals surface area contributed by atoms with Crippen LogP contribution in [-0.4, -0.2) is 23.0 Å². The quantitative estimate of drug-likeness (QED) is 0.878. The minimum atomic E-state index is -1.33. The molecular weight excluding hydrogens is 306 g/mol. The van der Waals surface area contributed by atoms with Crippen molar-refractivity contribution in [3.63, 3.8) is 0 Å². The Bertz CT molecular complexity index is 601. The fourth-order valence-electron chi connectivity index (χ4n) is 2.63.